The molecule has 1 heterocycles. The summed E-state index contributed by atoms with van der Waals surface area (Å²) in [5.74, 6) is 0.283. The summed E-state index contributed by atoms with van der Waals surface area (Å²) < 4.78 is 43.7. The number of nitrogens with one attached hydrogen (secondary N) is 1. The Labute approximate surface area is 269 Å². The first-order valence-electron chi connectivity index (χ1n) is 14.9. The molecule has 1 N–H and O–H groups in total. The molecule has 0 saturated carbocycles. The smallest absolute Gasteiger partial charge is 0.261 e. The van der Waals surface area contributed by atoms with Crippen molar-refractivity contribution in [2.75, 3.05) is 40.0 Å². The third kappa shape index (κ3) is 8.30. The van der Waals surface area contributed by atoms with Crippen LogP contribution in [0, 0.1) is 0 Å². The maximum atomic E-state index is 13.9. The van der Waals surface area contributed by atoms with Crippen molar-refractivity contribution in [3.05, 3.63) is 126 Å². The van der Waals surface area contributed by atoms with E-state index in [-0.39, 0.29) is 30.5 Å². The molecule has 5 rings (SSSR count). The first-order chi connectivity index (χ1) is 22.3. The number of methoxy groups -OCH3 is 1. The van der Waals surface area contributed by atoms with Crippen LogP contribution in [0.2, 0.25) is 0 Å². The van der Waals surface area contributed by atoms with Crippen LogP contribution in [0.4, 0.5) is 0 Å². The van der Waals surface area contributed by atoms with Gasteiger partial charge in [0, 0.05) is 26.2 Å². The molecule has 0 radical (unpaired) electrons. The molecule has 0 spiro atoms. The minimum Gasteiger partial charge on any atom is -0.497 e. The summed E-state index contributed by atoms with van der Waals surface area (Å²) in [4.78, 5) is 29.4. The highest BCUT2D eigenvalue weighted by Gasteiger charge is 2.32. The van der Waals surface area contributed by atoms with Gasteiger partial charge in [0.05, 0.1) is 25.2 Å². The van der Waals surface area contributed by atoms with Gasteiger partial charge in [-0.1, -0.05) is 72.8 Å². The van der Waals surface area contributed by atoms with Gasteiger partial charge in [-0.15, -0.1) is 0 Å². The molecule has 1 aliphatic rings. The monoisotopic (exact) mass is 643 g/mol. The number of carbonyl (C=O) groups is 2. The van der Waals surface area contributed by atoms with Gasteiger partial charge in [-0.2, -0.15) is 4.31 Å². The van der Waals surface area contributed by atoms with Crippen molar-refractivity contribution < 1.29 is 32.2 Å². The predicted octanol–water partition coefficient (Wildman–Crippen LogP) is 4.18. The lowest BCUT2D eigenvalue weighted by molar-refractivity contribution is -0.143. The number of carbonyl (C=O) groups excluding carboxylic acids is 2. The molecule has 4 aromatic rings. The van der Waals surface area contributed by atoms with Crippen molar-refractivity contribution in [2.24, 2.45) is 0 Å². The van der Waals surface area contributed by atoms with Gasteiger partial charge in [0.15, 0.2) is 6.61 Å². The van der Waals surface area contributed by atoms with E-state index in [1.807, 2.05) is 84.9 Å². The van der Waals surface area contributed by atoms with Gasteiger partial charge in [0.25, 0.3) is 5.91 Å². The van der Waals surface area contributed by atoms with Gasteiger partial charge >= 0.3 is 0 Å². The number of sulfonamides is 1. The molecular formula is C35H37N3O7S. The molecule has 0 aromatic heterocycles. The van der Waals surface area contributed by atoms with Gasteiger partial charge < -0.3 is 24.4 Å². The van der Waals surface area contributed by atoms with Crippen LogP contribution in [0.1, 0.15) is 22.7 Å². The Morgan fingerprint density at radius 1 is 0.826 bits per heavy atom. The van der Waals surface area contributed by atoms with Crippen molar-refractivity contribution in [1.82, 2.24) is 14.5 Å². The number of amides is 2. The second-order valence-corrected chi connectivity index (χ2v) is 12.6. The number of hydrogen-bond acceptors (Lipinski definition) is 7. The fourth-order valence-electron chi connectivity index (χ4n) is 5.11. The zero-order valence-corrected chi connectivity index (χ0v) is 26.4. The summed E-state index contributed by atoms with van der Waals surface area (Å²) >= 11 is 0. The lowest BCUT2D eigenvalue weighted by Crippen LogP contribution is -2.45. The van der Waals surface area contributed by atoms with E-state index in [1.54, 1.807) is 7.11 Å². The highest BCUT2D eigenvalue weighted by molar-refractivity contribution is 7.89. The minimum atomic E-state index is -3.67. The summed E-state index contributed by atoms with van der Waals surface area (Å²) in [6.07, 6.45) is 0. The normalized spacial score (nSPS) is 14.2. The summed E-state index contributed by atoms with van der Waals surface area (Å²) in [6.45, 7) is 1.35. The van der Waals surface area contributed by atoms with Crippen LogP contribution in [0.5, 0.6) is 11.5 Å². The molecule has 0 aliphatic carbocycles. The van der Waals surface area contributed by atoms with E-state index >= 15 is 0 Å². The Balaban J connectivity index is 1.35. The lowest BCUT2D eigenvalue weighted by atomic mass is 10.0. The Kier molecular flexibility index (Phi) is 11.0. The molecule has 240 valence electrons. The molecule has 4 aromatic carbocycles. The molecule has 11 heteroatoms. The summed E-state index contributed by atoms with van der Waals surface area (Å²) in [5, 5.41) is 2.99. The van der Waals surface area contributed by atoms with Crippen molar-refractivity contribution in [2.45, 2.75) is 24.0 Å². The quantitative estimate of drug-likeness (QED) is 0.233. The molecular weight excluding hydrogens is 606 g/mol. The summed E-state index contributed by atoms with van der Waals surface area (Å²) in [6, 6.07) is 31.0. The van der Waals surface area contributed by atoms with Gasteiger partial charge in [-0.25, -0.2) is 8.42 Å². The number of rotatable bonds is 13. The standard InChI is InChI=1S/C35H37N3O7S/c1-43-30-14-12-27(13-15-30)24-36-35(40)34(29-10-6-3-7-11-29)38(25-28-8-4-2-5-9-28)33(39)26-45-31-16-18-32(19-17-31)46(41,42)37-20-22-44-23-21-37/h2-19,34H,20-26H2,1H3,(H,36,40). The molecule has 1 unspecified atom stereocenters. The number of morpholine rings is 1. The summed E-state index contributed by atoms with van der Waals surface area (Å²) in [7, 11) is -2.07. The lowest BCUT2D eigenvalue weighted by Gasteiger charge is -2.31. The van der Waals surface area contributed by atoms with E-state index in [4.69, 9.17) is 14.2 Å². The maximum Gasteiger partial charge on any atom is 0.261 e. The van der Waals surface area contributed by atoms with E-state index in [9.17, 15) is 18.0 Å². The fraction of sp³-hybridized carbons (Fsp3) is 0.257. The third-order valence-corrected chi connectivity index (χ3v) is 9.52. The van der Waals surface area contributed by atoms with E-state index in [2.05, 4.69) is 5.32 Å². The largest absolute Gasteiger partial charge is 0.497 e. The zero-order chi connectivity index (χ0) is 32.4. The molecule has 1 fully saturated rings. The van der Waals surface area contributed by atoms with E-state index in [1.165, 1.54) is 33.5 Å². The third-order valence-electron chi connectivity index (χ3n) is 7.61. The molecule has 1 aliphatic heterocycles. The Morgan fingerprint density at radius 3 is 2.07 bits per heavy atom. The number of hydrogen-bond donors (Lipinski definition) is 1. The second kappa shape index (κ2) is 15.5. The summed E-state index contributed by atoms with van der Waals surface area (Å²) in [5.41, 5.74) is 2.37. The maximum absolute atomic E-state index is 13.9. The predicted molar refractivity (Wildman–Crippen MR) is 173 cm³/mol. The van der Waals surface area contributed by atoms with Crippen LogP contribution < -0.4 is 14.8 Å². The molecule has 1 atom stereocenters. The van der Waals surface area contributed by atoms with E-state index in [0.717, 1.165) is 11.1 Å². The number of ether oxygens (including phenoxy) is 3. The molecule has 46 heavy (non-hydrogen) atoms. The number of nitrogens with zero attached hydrogens (tertiary/aromatic N) is 2. The first-order valence-corrected chi connectivity index (χ1v) is 16.4. The van der Waals surface area contributed by atoms with Gasteiger partial charge in [0.2, 0.25) is 15.9 Å². The van der Waals surface area contributed by atoms with Crippen molar-refractivity contribution in [3.63, 3.8) is 0 Å². The zero-order valence-electron chi connectivity index (χ0n) is 25.6. The average molecular weight is 644 g/mol. The highest BCUT2D eigenvalue weighted by Crippen LogP contribution is 2.26. The minimum absolute atomic E-state index is 0.136. The Bertz CT molecular complexity index is 1680. The SMILES string of the molecule is COc1ccc(CNC(=O)C(c2ccccc2)N(Cc2ccccc2)C(=O)COc2ccc(S(=O)(=O)N3CCOCC3)cc2)cc1. The van der Waals surface area contributed by atoms with Gasteiger partial charge in [-0.3, -0.25) is 9.59 Å². The average Bonchev–Trinajstić information content (AvgIpc) is 3.11. The van der Waals surface area contributed by atoms with Crippen LogP contribution in [-0.2, 0) is 37.4 Å². The second-order valence-electron chi connectivity index (χ2n) is 10.7. The fourth-order valence-corrected chi connectivity index (χ4v) is 6.52. The molecule has 0 bridgehead atoms. The van der Waals surface area contributed by atoms with Crippen LogP contribution in [0.15, 0.2) is 114 Å². The van der Waals surface area contributed by atoms with Gasteiger partial charge in [-0.05, 0) is 53.1 Å². The number of benzene rings is 4. The first kappa shape index (κ1) is 32.7. The molecule has 2 amide bonds. The van der Waals surface area contributed by atoms with Crippen molar-refractivity contribution in [3.8, 4) is 11.5 Å². The Morgan fingerprint density at radius 2 is 1.43 bits per heavy atom. The topological polar surface area (TPSA) is 114 Å². The van der Waals surface area contributed by atoms with Crippen LogP contribution in [0.25, 0.3) is 0 Å². The van der Waals surface area contributed by atoms with Gasteiger partial charge in [0.1, 0.15) is 17.5 Å². The Hall–Kier alpha value is -4.71. The van der Waals surface area contributed by atoms with Crippen LogP contribution in [-0.4, -0.2) is 69.5 Å². The van der Waals surface area contributed by atoms with E-state index in [0.29, 0.717) is 43.4 Å². The van der Waals surface area contributed by atoms with E-state index < -0.39 is 22.0 Å². The highest BCUT2D eigenvalue weighted by atomic mass is 32.2. The molecule has 1 saturated heterocycles. The molecule has 10 nitrogen and oxygen atoms in total. The van der Waals surface area contributed by atoms with Crippen molar-refractivity contribution in [1.29, 1.82) is 0 Å². The van der Waals surface area contributed by atoms with Crippen LogP contribution >= 0.6 is 0 Å². The van der Waals surface area contributed by atoms with Crippen LogP contribution in [0.3, 0.4) is 0 Å². The van der Waals surface area contributed by atoms with Crippen molar-refractivity contribution >= 4 is 21.8 Å².